The number of nitrogens with zero attached hydrogens (tertiary/aromatic N) is 7. The number of imidazole rings is 1. The van der Waals surface area contributed by atoms with Crippen molar-refractivity contribution in [3.8, 4) is 17.0 Å². The molecule has 1 aromatic carbocycles. The average molecular weight is 552 g/mol. The normalized spacial score (nSPS) is 14.2. The van der Waals surface area contributed by atoms with E-state index in [0.29, 0.717) is 55.5 Å². The van der Waals surface area contributed by atoms with Gasteiger partial charge in [-0.15, -0.1) is 0 Å². The van der Waals surface area contributed by atoms with E-state index in [1.54, 1.807) is 41.7 Å². The fourth-order valence-corrected chi connectivity index (χ4v) is 4.56. The maximum atomic E-state index is 12.9. The Bertz CT molecular complexity index is 1490. The third kappa shape index (κ3) is 6.11. The largest absolute Gasteiger partial charge is 0.444 e. The van der Waals surface area contributed by atoms with Gasteiger partial charge in [-0.05, 0) is 33.8 Å². The summed E-state index contributed by atoms with van der Waals surface area (Å²) < 4.78 is 37.9. The van der Waals surface area contributed by atoms with Crippen molar-refractivity contribution in [2.75, 3.05) is 31.1 Å². The second-order valence-electron chi connectivity index (χ2n) is 10.5. The summed E-state index contributed by atoms with van der Waals surface area (Å²) in [7, 11) is 0. The Labute approximate surface area is 230 Å². The second kappa shape index (κ2) is 11.0. The standard InChI is InChI=1S/C28H31F2N7O3/c1-18-22(13-19-7-5-6-8-23(19)39-25(29)30)37-17-21(31-16-24(37)34-18)20-14-32-26(33-15-20)35-9-11-36(12-10-35)27(38)40-28(2,3)4/h5-8,14-17,25H,9-13H2,1-4H3. The summed E-state index contributed by atoms with van der Waals surface area (Å²) in [5, 5.41) is 0. The lowest BCUT2D eigenvalue weighted by atomic mass is 10.1. The van der Waals surface area contributed by atoms with Gasteiger partial charge in [-0.3, -0.25) is 9.38 Å². The van der Waals surface area contributed by atoms with Crippen molar-refractivity contribution in [2.24, 2.45) is 0 Å². The molecule has 0 N–H and O–H groups in total. The van der Waals surface area contributed by atoms with Gasteiger partial charge in [0.25, 0.3) is 0 Å². The number of aryl methyl sites for hydroxylation is 1. The highest BCUT2D eigenvalue weighted by molar-refractivity contribution is 5.68. The van der Waals surface area contributed by atoms with Gasteiger partial charge in [-0.25, -0.2) is 19.7 Å². The van der Waals surface area contributed by atoms with Gasteiger partial charge in [-0.2, -0.15) is 8.78 Å². The zero-order valence-corrected chi connectivity index (χ0v) is 22.8. The van der Waals surface area contributed by atoms with Crippen LogP contribution in [0, 0.1) is 6.92 Å². The smallest absolute Gasteiger partial charge is 0.410 e. The van der Waals surface area contributed by atoms with Crippen LogP contribution in [0.2, 0.25) is 0 Å². The van der Waals surface area contributed by atoms with E-state index in [-0.39, 0.29) is 11.8 Å². The first kappa shape index (κ1) is 27.2. The highest BCUT2D eigenvalue weighted by atomic mass is 19.3. The van der Waals surface area contributed by atoms with Crippen LogP contribution < -0.4 is 9.64 Å². The van der Waals surface area contributed by atoms with Crippen LogP contribution in [0.15, 0.2) is 49.1 Å². The molecule has 5 rings (SSSR count). The molecule has 4 heterocycles. The Kier molecular flexibility index (Phi) is 7.51. The van der Waals surface area contributed by atoms with Crippen molar-refractivity contribution >= 4 is 17.7 Å². The van der Waals surface area contributed by atoms with E-state index in [9.17, 15) is 13.6 Å². The molecule has 210 valence electrons. The quantitative estimate of drug-likeness (QED) is 0.339. The summed E-state index contributed by atoms with van der Waals surface area (Å²) >= 11 is 0. The van der Waals surface area contributed by atoms with E-state index in [1.807, 2.05) is 43.2 Å². The number of ether oxygens (including phenoxy) is 2. The molecule has 1 fully saturated rings. The molecule has 10 nitrogen and oxygen atoms in total. The van der Waals surface area contributed by atoms with E-state index in [2.05, 4.69) is 19.9 Å². The van der Waals surface area contributed by atoms with Gasteiger partial charge in [0.15, 0.2) is 5.65 Å². The van der Waals surface area contributed by atoms with Crippen LogP contribution in [-0.4, -0.2) is 73.7 Å². The number of amides is 1. The molecule has 4 aromatic rings. The number of hydrogen-bond donors (Lipinski definition) is 0. The Morgan fingerprint density at radius 2 is 1.73 bits per heavy atom. The van der Waals surface area contributed by atoms with Crippen LogP contribution in [0.1, 0.15) is 37.7 Å². The number of carbonyl (C=O) groups excluding carboxylic acids is 1. The summed E-state index contributed by atoms with van der Waals surface area (Å²) in [6, 6.07) is 6.74. The molecule has 0 atom stereocenters. The molecule has 0 aliphatic carbocycles. The summed E-state index contributed by atoms with van der Waals surface area (Å²) in [5.41, 5.74) is 3.70. The van der Waals surface area contributed by atoms with Crippen LogP contribution in [0.4, 0.5) is 19.5 Å². The lowest BCUT2D eigenvalue weighted by Crippen LogP contribution is -2.50. The topological polar surface area (TPSA) is 98.0 Å². The summed E-state index contributed by atoms with van der Waals surface area (Å²) in [4.78, 5) is 34.3. The summed E-state index contributed by atoms with van der Waals surface area (Å²) in [5.74, 6) is 0.709. The molecule has 1 saturated heterocycles. The number of alkyl halides is 2. The van der Waals surface area contributed by atoms with E-state index in [4.69, 9.17) is 9.47 Å². The van der Waals surface area contributed by atoms with Crippen LogP contribution in [0.25, 0.3) is 16.9 Å². The molecule has 0 saturated carbocycles. The minimum Gasteiger partial charge on any atom is -0.444 e. The number of fused-ring (bicyclic) bond motifs is 1. The molecule has 0 bridgehead atoms. The first-order valence-electron chi connectivity index (χ1n) is 13.0. The minimum absolute atomic E-state index is 0.136. The van der Waals surface area contributed by atoms with E-state index >= 15 is 0 Å². The number of rotatable bonds is 6. The number of aromatic nitrogens is 5. The Hall–Kier alpha value is -4.35. The van der Waals surface area contributed by atoms with Crippen molar-refractivity contribution in [3.05, 3.63) is 66.0 Å². The molecular weight excluding hydrogens is 520 g/mol. The van der Waals surface area contributed by atoms with Crippen LogP contribution >= 0.6 is 0 Å². The minimum atomic E-state index is -2.91. The maximum Gasteiger partial charge on any atom is 0.410 e. The van der Waals surface area contributed by atoms with Crippen LogP contribution in [-0.2, 0) is 11.2 Å². The van der Waals surface area contributed by atoms with Crippen LogP contribution in [0.3, 0.4) is 0 Å². The van der Waals surface area contributed by atoms with Crippen molar-refractivity contribution in [3.63, 3.8) is 0 Å². The molecule has 0 unspecified atom stereocenters. The van der Waals surface area contributed by atoms with Gasteiger partial charge in [-0.1, -0.05) is 18.2 Å². The number of hydrogen-bond acceptors (Lipinski definition) is 8. The molecule has 0 spiro atoms. The highest BCUT2D eigenvalue weighted by Gasteiger charge is 2.27. The monoisotopic (exact) mass is 551 g/mol. The molecule has 0 radical (unpaired) electrons. The first-order valence-corrected chi connectivity index (χ1v) is 13.0. The number of halogens is 2. The molecule has 1 aliphatic heterocycles. The van der Waals surface area contributed by atoms with Crippen molar-refractivity contribution < 1.29 is 23.0 Å². The number of anilines is 1. The van der Waals surface area contributed by atoms with Gasteiger partial charge in [0.05, 0.1) is 23.3 Å². The number of carbonyl (C=O) groups is 1. The molecule has 12 heteroatoms. The zero-order chi connectivity index (χ0) is 28.4. The predicted molar refractivity (Wildman–Crippen MR) is 145 cm³/mol. The third-order valence-corrected chi connectivity index (χ3v) is 6.50. The van der Waals surface area contributed by atoms with Gasteiger partial charge in [0.1, 0.15) is 11.4 Å². The maximum absolute atomic E-state index is 12.9. The van der Waals surface area contributed by atoms with Gasteiger partial charge in [0, 0.05) is 62.3 Å². The van der Waals surface area contributed by atoms with Crippen LogP contribution in [0.5, 0.6) is 5.75 Å². The summed E-state index contributed by atoms with van der Waals surface area (Å²) in [6.07, 6.45) is 6.97. The Morgan fingerprint density at radius 3 is 2.40 bits per heavy atom. The lowest BCUT2D eigenvalue weighted by Gasteiger charge is -2.35. The van der Waals surface area contributed by atoms with Gasteiger partial charge >= 0.3 is 12.7 Å². The average Bonchev–Trinajstić information content (AvgIpc) is 3.22. The zero-order valence-electron chi connectivity index (χ0n) is 22.8. The van der Waals surface area contributed by atoms with Crippen molar-refractivity contribution in [2.45, 2.75) is 46.3 Å². The fraction of sp³-hybridized carbons (Fsp3) is 0.393. The van der Waals surface area contributed by atoms with E-state index in [1.165, 1.54) is 6.07 Å². The number of benzene rings is 1. The molecule has 1 amide bonds. The lowest BCUT2D eigenvalue weighted by molar-refractivity contribution is -0.0504. The Morgan fingerprint density at radius 1 is 1.02 bits per heavy atom. The molecule has 1 aliphatic rings. The van der Waals surface area contributed by atoms with E-state index in [0.717, 1.165) is 17.0 Å². The molecular formula is C28H31F2N7O3. The molecule has 40 heavy (non-hydrogen) atoms. The Balaban J connectivity index is 1.32. The van der Waals surface area contributed by atoms with Gasteiger partial charge in [0.2, 0.25) is 5.95 Å². The number of piperazine rings is 1. The third-order valence-electron chi connectivity index (χ3n) is 6.50. The second-order valence-corrected chi connectivity index (χ2v) is 10.5. The SMILES string of the molecule is Cc1nc2cnc(-c3cnc(N4CCN(C(=O)OC(C)(C)C)CC4)nc3)cn2c1Cc1ccccc1OC(F)F. The van der Waals surface area contributed by atoms with E-state index < -0.39 is 12.2 Å². The highest BCUT2D eigenvalue weighted by Crippen LogP contribution is 2.26. The predicted octanol–water partition coefficient (Wildman–Crippen LogP) is 4.74. The first-order chi connectivity index (χ1) is 19.1. The number of para-hydroxylation sites is 1. The fourth-order valence-electron chi connectivity index (χ4n) is 4.56. The summed E-state index contributed by atoms with van der Waals surface area (Å²) in [6.45, 7) is 6.75. The molecule has 3 aromatic heterocycles. The van der Waals surface area contributed by atoms with Crippen molar-refractivity contribution in [1.29, 1.82) is 0 Å². The van der Waals surface area contributed by atoms with Crippen molar-refractivity contribution in [1.82, 2.24) is 29.2 Å². The van der Waals surface area contributed by atoms with Gasteiger partial charge < -0.3 is 19.3 Å².